The van der Waals surface area contributed by atoms with E-state index in [9.17, 15) is 4.79 Å². The van der Waals surface area contributed by atoms with Crippen LogP contribution in [0.15, 0.2) is 82.5 Å². The number of hydrogen-bond donors (Lipinski definition) is 2. The second-order valence-corrected chi connectivity index (χ2v) is 9.63. The molecule has 0 saturated carbocycles. The molecule has 180 valence electrons. The van der Waals surface area contributed by atoms with Crippen LogP contribution in [-0.4, -0.2) is 19.0 Å². The second-order valence-electron chi connectivity index (χ2n) is 8.78. The molecule has 5 rings (SSSR count). The molecular formula is C29H29BrN2O3. The molecule has 0 fully saturated rings. The number of ketones is 1. The van der Waals surface area contributed by atoms with Crippen molar-refractivity contribution < 1.29 is 14.3 Å². The van der Waals surface area contributed by atoms with E-state index in [-0.39, 0.29) is 17.7 Å². The van der Waals surface area contributed by atoms with E-state index < -0.39 is 0 Å². The van der Waals surface area contributed by atoms with Crippen LogP contribution in [0.1, 0.15) is 49.8 Å². The molecule has 1 aliphatic carbocycles. The third kappa shape index (κ3) is 4.67. The Labute approximate surface area is 214 Å². The highest BCUT2D eigenvalue weighted by molar-refractivity contribution is 9.10. The van der Waals surface area contributed by atoms with Crippen LogP contribution in [0, 0.1) is 0 Å². The van der Waals surface area contributed by atoms with Gasteiger partial charge in [0.05, 0.1) is 35.1 Å². The number of ether oxygens (including phenoxy) is 2. The largest absolute Gasteiger partial charge is 0.490 e. The van der Waals surface area contributed by atoms with E-state index in [2.05, 4.69) is 38.7 Å². The number of carbonyl (C=O) groups excluding carboxylic acids is 1. The molecule has 0 radical (unpaired) electrons. The van der Waals surface area contributed by atoms with Crippen LogP contribution < -0.4 is 20.1 Å². The van der Waals surface area contributed by atoms with Crippen molar-refractivity contribution in [2.45, 2.75) is 38.6 Å². The molecule has 0 amide bonds. The maximum Gasteiger partial charge on any atom is 0.175 e. The summed E-state index contributed by atoms with van der Waals surface area (Å²) in [6.07, 6.45) is 1.25. The number of para-hydroxylation sites is 2. The zero-order valence-corrected chi connectivity index (χ0v) is 21.5. The summed E-state index contributed by atoms with van der Waals surface area (Å²) in [7, 11) is 0. The standard InChI is InChI=1S/C29H29BrN2O3/c1-3-34-26-17-20(14-21(30)29(26)35-4-2)28-27-24(31-22-12-8-9-13-23(22)32-28)15-19(16-25(27)33)18-10-6-5-7-11-18/h5-14,17,19,28,31-32H,3-4,15-16H2,1-2H3. The first kappa shape index (κ1) is 23.5. The molecule has 2 N–H and O–H groups in total. The Balaban J connectivity index is 1.63. The summed E-state index contributed by atoms with van der Waals surface area (Å²) in [5, 5.41) is 7.26. The summed E-state index contributed by atoms with van der Waals surface area (Å²) < 4.78 is 12.6. The number of fused-ring (bicyclic) bond motifs is 1. The minimum atomic E-state index is -0.323. The number of benzene rings is 3. The Morgan fingerprint density at radius 3 is 2.34 bits per heavy atom. The predicted molar refractivity (Wildman–Crippen MR) is 143 cm³/mol. The van der Waals surface area contributed by atoms with E-state index in [0.717, 1.165) is 39.1 Å². The van der Waals surface area contributed by atoms with Gasteiger partial charge in [-0.1, -0.05) is 42.5 Å². The minimum absolute atomic E-state index is 0.145. The smallest absolute Gasteiger partial charge is 0.175 e. The number of anilines is 2. The topological polar surface area (TPSA) is 59.6 Å². The summed E-state index contributed by atoms with van der Waals surface area (Å²) in [4.78, 5) is 13.8. The number of rotatable bonds is 6. The van der Waals surface area contributed by atoms with E-state index in [1.54, 1.807) is 0 Å². The molecule has 2 unspecified atom stereocenters. The fourth-order valence-electron chi connectivity index (χ4n) is 5.01. The van der Waals surface area contributed by atoms with Gasteiger partial charge in [0.15, 0.2) is 17.3 Å². The molecule has 0 saturated heterocycles. The van der Waals surface area contributed by atoms with E-state index in [1.807, 2.05) is 68.4 Å². The van der Waals surface area contributed by atoms with Gasteiger partial charge in [-0.05, 0) is 77.5 Å². The van der Waals surface area contributed by atoms with Crippen LogP contribution in [0.25, 0.3) is 0 Å². The Bertz CT molecular complexity index is 1270. The van der Waals surface area contributed by atoms with Gasteiger partial charge in [-0.3, -0.25) is 4.79 Å². The number of nitrogens with one attached hydrogen (secondary N) is 2. The van der Waals surface area contributed by atoms with Gasteiger partial charge in [0.25, 0.3) is 0 Å². The van der Waals surface area contributed by atoms with Crippen LogP contribution in [0.3, 0.4) is 0 Å². The summed E-state index contributed by atoms with van der Waals surface area (Å²) in [6, 6.07) is 22.1. The molecule has 2 aliphatic rings. The zero-order valence-electron chi connectivity index (χ0n) is 19.9. The summed E-state index contributed by atoms with van der Waals surface area (Å²) in [5.74, 6) is 1.64. The summed E-state index contributed by atoms with van der Waals surface area (Å²) >= 11 is 3.68. The van der Waals surface area contributed by atoms with Gasteiger partial charge in [-0.15, -0.1) is 0 Å². The normalized spacial score (nSPS) is 19.1. The fourth-order valence-corrected chi connectivity index (χ4v) is 5.58. The van der Waals surface area contributed by atoms with Crippen molar-refractivity contribution >= 4 is 33.1 Å². The van der Waals surface area contributed by atoms with Gasteiger partial charge < -0.3 is 20.1 Å². The van der Waals surface area contributed by atoms with Crippen molar-refractivity contribution in [3.8, 4) is 11.5 Å². The van der Waals surface area contributed by atoms with Gasteiger partial charge in [-0.2, -0.15) is 0 Å². The Morgan fingerprint density at radius 2 is 1.60 bits per heavy atom. The highest BCUT2D eigenvalue weighted by Gasteiger charge is 2.36. The van der Waals surface area contributed by atoms with Crippen LogP contribution in [0.4, 0.5) is 11.4 Å². The van der Waals surface area contributed by atoms with E-state index in [1.165, 1.54) is 5.56 Å². The summed E-state index contributed by atoms with van der Waals surface area (Å²) in [6.45, 7) is 4.96. The van der Waals surface area contributed by atoms with Crippen molar-refractivity contribution in [1.29, 1.82) is 0 Å². The summed E-state index contributed by atoms with van der Waals surface area (Å²) in [5.41, 5.74) is 5.82. The lowest BCUT2D eigenvalue weighted by atomic mass is 9.78. The number of hydrogen-bond acceptors (Lipinski definition) is 5. The molecule has 0 aromatic heterocycles. The Kier molecular flexibility index (Phi) is 6.82. The first-order valence-electron chi connectivity index (χ1n) is 12.1. The molecule has 0 bridgehead atoms. The number of carbonyl (C=O) groups is 1. The average Bonchev–Trinajstić information content (AvgIpc) is 3.03. The second kappa shape index (κ2) is 10.2. The highest BCUT2D eigenvalue weighted by Crippen LogP contribution is 2.46. The Hall–Kier alpha value is -3.25. The molecule has 3 aromatic rings. The van der Waals surface area contributed by atoms with Crippen molar-refractivity contribution in [3.63, 3.8) is 0 Å². The lowest BCUT2D eigenvalue weighted by Crippen LogP contribution is -2.27. The molecule has 6 heteroatoms. The SMILES string of the molecule is CCOc1cc(C2Nc3ccccc3NC3=C2C(=O)CC(c2ccccc2)C3)cc(Br)c1OCC. The third-order valence-corrected chi connectivity index (χ3v) is 7.12. The lowest BCUT2D eigenvalue weighted by molar-refractivity contribution is -0.116. The molecule has 5 nitrogen and oxygen atoms in total. The van der Waals surface area contributed by atoms with Crippen molar-refractivity contribution in [2.24, 2.45) is 0 Å². The molecule has 1 aliphatic heterocycles. The minimum Gasteiger partial charge on any atom is -0.490 e. The quantitative estimate of drug-likeness (QED) is 0.350. The maximum atomic E-state index is 13.8. The van der Waals surface area contributed by atoms with Crippen LogP contribution in [-0.2, 0) is 4.79 Å². The number of Topliss-reactive ketones (excluding diaryl/α,β-unsaturated/α-hetero) is 1. The van der Waals surface area contributed by atoms with Gasteiger partial charge in [0.1, 0.15) is 0 Å². The Morgan fingerprint density at radius 1 is 0.886 bits per heavy atom. The predicted octanol–water partition coefficient (Wildman–Crippen LogP) is 7.23. The first-order valence-corrected chi connectivity index (χ1v) is 12.9. The zero-order chi connectivity index (χ0) is 24.4. The highest BCUT2D eigenvalue weighted by atomic mass is 79.9. The first-order chi connectivity index (χ1) is 17.1. The average molecular weight is 533 g/mol. The van der Waals surface area contributed by atoms with Crippen molar-refractivity contribution in [3.05, 3.63) is 93.6 Å². The monoisotopic (exact) mass is 532 g/mol. The van der Waals surface area contributed by atoms with Gasteiger partial charge in [0, 0.05) is 17.7 Å². The maximum absolute atomic E-state index is 13.8. The molecule has 2 atom stereocenters. The molecular weight excluding hydrogens is 504 g/mol. The number of allylic oxidation sites excluding steroid dienone is 1. The van der Waals surface area contributed by atoms with Crippen molar-refractivity contribution in [1.82, 2.24) is 0 Å². The molecule has 0 spiro atoms. The fraction of sp³-hybridized carbons (Fsp3) is 0.276. The van der Waals surface area contributed by atoms with E-state index in [0.29, 0.717) is 31.1 Å². The van der Waals surface area contributed by atoms with Gasteiger partial charge in [0.2, 0.25) is 0 Å². The van der Waals surface area contributed by atoms with Gasteiger partial charge in [-0.25, -0.2) is 0 Å². The third-order valence-electron chi connectivity index (χ3n) is 6.53. The number of halogens is 1. The van der Waals surface area contributed by atoms with Crippen LogP contribution >= 0.6 is 15.9 Å². The lowest BCUT2D eigenvalue weighted by Gasteiger charge is -2.30. The van der Waals surface area contributed by atoms with Crippen molar-refractivity contribution in [2.75, 3.05) is 23.8 Å². The molecule has 1 heterocycles. The van der Waals surface area contributed by atoms with E-state index >= 15 is 0 Å². The molecule has 3 aromatic carbocycles. The van der Waals surface area contributed by atoms with Crippen LogP contribution in [0.2, 0.25) is 0 Å². The van der Waals surface area contributed by atoms with Crippen LogP contribution in [0.5, 0.6) is 11.5 Å². The van der Waals surface area contributed by atoms with Gasteiger partial charge >= 0.3 is 0 Å². The van der Waals surface area contributed by atoms with E-state index in [4.69, 9.17) is 9.47 Å². The molecule has 35 heavy (non-hydrogen) atoms.